The van der Waals surface area contributed by atoms with E-state index in [2.05, 4.69) is 26.1 Å². The second-order valence-corrected chi connectivity index (χ2v) is 7.67. The summed E-state index contributed by atoms with van der Waals surface area (Å²) in [6.07, 6.45) is 6.03. The van der Waals surface area contributed by atoms with E-state index in [4.69, 9.17) is 9.47 Å². The first-order chi connectivity index (χ1) is 13.1. The molecule has 1 aromatic carbocycles. The summed E-state index contributed by atoms with van der Waals surface area (Å²) in [5, 5.41) is 12.4. The van der Waals surface area contributed by atoms with E-state index < -0.39 is 0 Å². The summed E-state index contributed by atoms with van der Waals surface area (Å²) in [6, 6.07) is 5.40. The molecule has 1 aliphatic rings. The maximum absolute atomic E-state index is 12.7. The van der Waals surface area contributed by atoms with Gasteiger partial charge >= 0.3 is 0 Å². The van der Waals surface area contributed by atoms with Gasteiger partial charge < -0.3 is 19.9 Å². The van der Waals surface area contributed by atoms with E-state index in [1.54, 1.807) is 12.1 Å². The van der Waals surface area contributed by atoms with Crippen LogP contribution in [0, 0.1) is 11.3 Å². The fraction of sp³-hybridized carbons (Fsp3) is 0.682. The number of ether oxygens (including phenoxy) is 2. The summed E-state index contributed by atoms with van der Waals surface area (Å²) in [4.78, 5) is 12.7. The molecule has 0 unspecified atom stereocenters. The summed E-state index contributed by atoms with van der Waals surface area (Å²) < 4.78 is 11.5. The number of aliphatic hydroxyl groups excluding tert-OH is 1. The van der Waals surface area contributed by atoms with Crippen molar-refractivity contribution in [3.63, 3.8) is 0 Å². The average molecular weight is 378 g/mol. The Morgan fingerprint density at radius 3 is 2.41 bits per heavy atom. The SMILES string of the molecule is CCCOc1ccc(C(=O)NCC2([C@@H](C)CCO)CCC2)cc1OCCC. The molecule has 0 radical (unpaired) electrons. The van der Waals surface area contributed by atoms with E-state index in [-0.39, 0.29) is 17.9 Å². The number of carbonyl (C=O) groups is 1. The van der Waals surface area contributed by atoms with Crippen molar-refractivity contribution in [3.8, 4) is 11.5 Å². The Morgan fingerprint density at radius 1 is 1.19 bits per heavy atom. The lowest BCUT2D eigenvalue weighted by Gasteiger charge is -2.47. The molecule has 5 heteroatoms. The summed E-state index contributed by atoms with van der Waals surface area (Å²) in [7, 11) is 0. The molecular weight excluding hydrogens is 342 g/mol. The zero-order valence-electron chi connectivity index (χ0n) is 17.1. The maximum atomic E-state index is 12.7. The molecule has 152 valence electrons. The van der Waals surface area contributed by atoms with E-state index >= 15 is 0 Å². The Balaban J connectivity index is 2.04. The van der Waals surface area contributed by atoms with Gasteiger partial charge in [-0.05, 0) is 61.6 Å². The third-order valence-electron chi connectivity index (χ3n) is 5.69. The lowest BCUT2D eigenvalue weighted by Crippen LogP contribution is -2.46. The number of hydrogen-bond acceptors (Lipinski definition) is 4. The zero-order chi connectivity index (χ0) is 19.7. The topological polar surface area (TPSA) is 67.8 Å². The average Bonchev–Trinajstić information content (AvgIpc) is 2.64. The molecule has 0 aromatic heterocycles. The van der Waals surface area contributed by atoms with Crippen molar-refractivity contribution in [1.82, 2.24) is 5.32 Å². The smallest absolute Gasteiger partial charge is 0.251 e. The highest BCUT2D eigenvalue weighted by atomic mass is 16.5. The molecule has 1 saturated carbocycles. The lowest BCUT2D eigenvalue weighted by atomic mass is 9.60. The van der Waals surface area contributed by atoms with Crippen molar-refractivity contribution in [1.29, 1.82) is 0 Å². The molecule has 0 heterocycles. The Kier molecular flexibility index (Phi) is 8.42. The second kappa shape index (κ2) is 10.5. The molecule has 1 amide bonds. The molecule has 1 aliphatic carbocycles. The van der Waals surface area contributed by atoms with Crippen molar-refractivity contribution >= 4 is 5.91 Å². The Bertz CT molecular complexity index is 598. The molecule has 2 N–H and O–H groups in total. The third kappa shape index (κ3) is 5.61. The molecule has 1 atom stereocenters. The molecule has 2 rings (SSSR count). The molecule has 0 saturated heterocycles. The zero-order valence-corrected chi connectivity index (χ0v) is 17.1. The van der Waals surface area contributed by atoms with Gasteiger partial charge in [-0.25, -0.2) is 0 Å². The summed E-state index contributed by atoms with van der Waals surface area (Å²) in [5.74, 6) is 1.64. The first kappa shape index (κ1) is 21.5. The highest BCUT2D eigenvalue weighted by Gasteiger charge is 2.41. The molecule has 27 heavy (non-hydrogen) atoms. The number of rotatable bonds is 12. The van der Waals surface area contributed by atoms with E-state index in [1.807, 2.05) is 6.07 Å². The van der Waals surface area contributed by atoms with Gasteiger partial charge in [0.25, 0.3) is 5.91 Å². The summed E-state index contributed by atoms with van der Waals surface area (Å²) >= 11 is 0. The highest BCUT2D eigenvalue weighted by molar-refractivity contribution is 5.94. The number of aliphatic hydroxyl groups is 1. The highest BCUT2D eigenvalue weighted by Crippen LogP contribution is 2.47. The molecule has 1 aromatic rings. The van der Waals surface area contributed by atoms with E-state index in [0.29, 0.717) is 42.7 Å². The normalized spacial score (nSPS) is 16.3. The van der Waals surface area contributed by atoms with Crippen LogP contribution in [0.15, 0.2) is 18.2 Å². The predicted molar refractivity (Wildman–Crippen MR) is 107 cm³/mol. The molecule has 0 bridgehead atoms. The Hall–Kier alpha value is -1.75. The van der Waals surface area contributed by atoms with Crippen LogP contribution in [0.5, 0.6) is 11.5 Å². The largest absolute Gasteiger partial charge is 0.490 e. The lowest BCUT2D eigenvalue weighted by molar-refractivity contribution is 0.0411. The monoisotopic (exact) mass is 377 g/mol. The van der Waals surface area contributed by atoms with Gasteiger partial charge in [0.05, 0.1) is 13.2 Å². The van der Waals surface area contributed by atoms with Crippen LogP contribution in [0.25, 0.3) is 0 Å². The van der Waals surface area contributed by atoms with E-state index in [9.17, 15) is 9.90 Å². The van der Waals surface area contributed by atoms with E-state index in [1.165, 1.54) is 6.42 Å². The fourth-order valence-electron chi connectivity index (χ4n) is 3.64. The van der Waals surface area contributed by atoms with Crippen LogP contribution >= 0.6 is 0 Å². The molecule has 5 nitrogen and oxygen atoms in total. The number of hydrogen-bond donors (Lipinski definition) is 2. The van der Waals surface area contributed by atoms with Gasteiger partial charge in [-0.3, -0.25) is 4.79 Å². The fourth-order valence-corrected chi connectivity index (χ4v) is 3.64. The van der Waals surface area contributed by atoms with Crippen molar-refractivity contribution in [3.05, 3.63) is 23.8 Å². The molecule has 0 spiro atoms. The van der Waals surface area contributed by atoms with Crippen LogP contribution in [0.2, 0.25) is 0 Å². The van der Waals surface area contributed by atoms with Gasteiger partial charge in [0.15, 0.2) is 11.5 Å². The van der Waals surface area contributed by atoms with Gasteiger partial charge in [0.2, 0.25) is 0 Å². The van der Waals surface area contributed by atoms with Gasteiger partial charge in [-0.15, -0.1) is 0 Å². The Morgan fingerprint density at radius 2 is 1.85 bits per heavy atom. The van der Waals surface area contributed by atoms with Gasteiger partial charge in [0.1, 0.15) is 0 Å². The second-order valence-electron chi connectivity index (χ2n) is 7.67. The minimum atomic E-state index is -0.0825. The van der Waals surface area contributed by atoms with Crippen molar-refractivity contribution in [2.45, 2.75) is 59.3 Å². The predicted octanol–water partition coefficient (Wildman–Crippen LogP) is 4.18. The van der Waals surface area contributed by atoms with Crippen LogP contribution in [0.3, 0.4) is 0 Å². The van der Waals surface area contributed by atoms with E-state index in [0.717, 1.165) is 32.1 Å². The number of amides is 1. The Labute approximate surface area is 163 Å². The quantitative estimate of drug-likeness (QED) is 0.573. The molecule has 0 aliphatic heterocycles. The minimum absolute atomic E-state index is 0.0825. The maximum Gasteiger partial charge on any atom is 0.251 e. The van der Waals surface area contributed by atoms with Crippen molar-refractivity contribution in [2.24, 2.45) is 11.3 Å². The van der Waals surface area contributed by atoms with Gasteiger partial charge in [-0.1, -0.05) is 27.2 Å². The first-order valence-corrected chi connectivity index (χ1v) is 10.3. The van der Waals surface area contributed by atoms with Crippen LogP contribution in [-0.4, -0.2) is 37.4 Å². The van der Waals surface area contributed by atoms with Crippen LogP contribution in [0.4, 0.5) is 0 Å². The standard InChI is InChI=1S/C22H35NO4/c1-4-13-26-19-8-7-18(15-20(19)27-14-5-2)21(25)23-16-22(10-6-11-22)17(3)9-12-24/h7-8,15,17,24H,4-6,9-14,16H2,1-3H3,(H,23,25)/t17-/m0/s1. The molecule has 1 fully saturated rings. The number of carbonyl (C=O) groups excluding carboxylic acids is 1. The van der Waals surface area contributed by atoms with Crippen LogP contribution in [0.1, 0.15) is 69.7 Å². The minimum Gasteiger partial charge on any atom is -0.490 e. The van der Waals surface area contributed by atoms with Crippen LogP contribution < -0.4 is 14.8 Å². The van der Waals surface area contributed by atoms with Gasteiger partial charge in [0, 0.05) is 18.7 Å². The summed E-state index contributed by atoms with van der Waals surface area (Å²) in [5.41, 5.74) is 0.721. The molecular formula is C22H35NO4. The third-order valence-corrected chi connectivity index (χ3v) is 5.69. The first-order valence-electron chi connectivity index (χ1n) is 10.3. The number of benzene rings is 1. The van der Waals surface area contributed by atoms with Crippen molar-refractivity contribution < 1.29 is 19.4 Å². The summed E-state index contributed by atoms with van der Waals surface area (Å²) in [6.45, 7) is 8.37. The van der Waals surface area contributed by atoms with Crippen LogP contribution in [-0.2, 0) is 0 Å². The number of nitrogens with one attached hydrogen (secondary N) is 1. The van der Waals surface area contributed by atoms with Crippen molar-refractivity contribution in [2.75, 3.05) is 26.4 Å². The van der Waals surface area contributed by atoms with Gasteiger partial charge in [-0.2, -0.15) is 0 Å².